The second-order valence-corrected chi connectivity index (χ2v) is 5.12. The molecule has 1 saturated heterocycles. The van der Waals surface area contributed by atoms with Gasteiger partial charge in [-0.05, 0) is 0 Å². The van der Waals surface area contributed by atoms with E-state index in [0.29, 0.717) is 0 Å². The van der Waals surface area contributed by atoms with Gasteiger partial charge < -0.3 is 24.8 Å². The second kappa shape index (κ2) is 7.04. The summed E-state index contributed by atoms with van der Waals surface area (Å²) in [4.78, 5) is 36.9. The molecule has 10 nitrogen and oxygen atoms in total. The van der Waals surface area contributed by atoms with Crippen LogP contribution < -0.4 is 11.2 Å². The van der Waals surface area contributed by atoms with Crippen molar-refractivity contribution < 1.29 is 29.6 Å². The van der Waals surface area contributed by atoms with Crippen molar-refractivity contribution in [2.75, 3.05) is 13.7 Å². The number of aliphatic hydroxyl groups excluding tert-OH is 3. The average molecular weight is 330 g/mol. The van der Waals surface area contributed by atoms with E-state index >= 15 is 0 Å². The van der Waals surface area contributed by atoms with Crippen molar-refractivity contribution in [3.05, 3.63) is 32.6 Å². The van der Waals surface area contributed by atoms with Crippen LogP contribution in [0.15, 0.2) is 15.8 Å². The number of ether oxygens (including phenoxy) is 2. The van der Waals surface area contributed by atoms with Crippen LogP contribution in [0.3, 0.4) is 0 Å². The fourth-order valence-corrected chi connectivity index (χ4v) is 2.37. The minimum absolute atomic E-state index is 0.0376. The minimum Gasteiger partial charge on any atom is -0.469 e. The molecule has 0 aromatic carbocycles. The molecular formula is C13H18N2O8. The molecular weight excluding hydrogens is 312 g/mol. The number of carbonyl (C=O) groups excluding carboxylic acids is 1. The van der Waals surface area contributed by atoms with Crippen molar-refractivity contribution in [3.63, 3.8) is 0 Å². The third kappa shape index (κ3) is 3.50. The monoisotopic (exact) mass is 330 g/mol. The Hall–Kier alpha value is -2.01. The number of nitrogens with one attached hydrogen (secondary N) is 1. The van der Waals surface area contributed by atoms with Gasteiger partial charge in [-0.1, -0.05) is 0 Å². The van der Waals surface area contributed by atoms with Gasteiger partial charge in [0.05, 0.1) is 25.7 Å². The predicted octanol–water partition coefficient (Wildman–Crippen LogP) is -2.75. The van der Waals surface area contributed by atoms with Crippen LogP contribution in [0, 0.1) is 0 Å². The van der Waals surface area contributed by atoms with E-state index in [1.807, 2.05) is 0 Å². The fourth-order valence-electron chi connectivity index (χ4n) is 2.37. The molecule has 1 aromatic heterocycles. The van der Waals surface area contributed by atoms with Gasteiger partial charge in [-0.15, -0.1) is 0 Å². The quantitative estimate of drug-likeness (QED) is 0.424. The number of aromatic nitrogens is 2. The summed E-state index contributed by atoms with van der Waals surface area (Å²) in [5.74, 6) is -0.530. The number of aryl methyl sites for hydroxylation is 1. The van der Waals surface area contributed by atoms with E-state index in [1.54, 1.807) is 0 Å². The van der Waals surface area contributed by atoms with Crippen LogP contribution in [-0.4, -0.2) is 62.9 Å². The largest absolute Gasteiger partial charge is 0.469 e. The molecule has 4 atom stereocenters. The lowest BCUT2D eigenvalue weighted by Gasteiger charge is -2.15. The minimum atomic E-state index is -1.43. The Morgan fingerprint density at radius 1 is 1.39 bits per heavy atom. The van der Waals surface area contributed by atoms with E-state index in [0.717, 1.165) is 10.8 Å². The molecule has 1 aromatic rings. The van der Waals surface area contributed by atoms with Gasteiger partial charge in [-0.2, -0.15) is 0 Å². The number of nitrogens with zero attached hydrogens (tertiary/aromatic N) is 1. The Morgan fingerprint density at radius 2 is 2.09 bits per heavy atom. The third-order valence-corrected chi connectivity index (χ3v) is 3.67. The lowest BCUT2D eigenvalue weighted by molar-refractivity contribution is -0.140. The number of carbonyl (C=O) groups is 1. The lowest BCUT2D eigenvalue weighted by atomic mass is 10.0. The zero-order valence-corrected chi connectivity index (χ0v) is 12.3. The van der Waals surface area contributed by atoms with Crippen LogP contribution in [0.1, 0.15) is 18.1 Å². The molecule has 10 heteroatoms. The van der Waals surface area contributed by atoms with Crippen molar-refractivity contribution in [3.8, 4) is 0 Å². The third-order valence-electron chi connectivity index (χ3n) is 3.67. The Balaban J connectivity index is 2.31. The highest BCUT2D eigenvalue weighted by molar-refractivity contribution is 5.68. The summed E-state index contributed by atoms with van der Waals surface area (Å²) >= 11 is 0. The zero-order chi connectivity index (χ0) is 17.1. The van der Waals surface area contributed by atoms with Gasteiger partial charge in [0.25, 0.3) is 5.56 Å². The molecule has 2 rings (SSSR count). The first kappa shape index (κ1) is 17.3. The number of aliphatic hydroxyl groups is 3. The highest BCUT2D eigenvalue weighted by atomic mass is 16.6. The SMILES string of the molecule is COC(=O)CCn1cc([C@@H]2O[C@H](CO)C(O)C2O)c(=O)[nH]c1=O. The van der Waals surface area contributed by atoms with E-state index in [2.05, 4.69) is 9.72 Å². The van der Waals surface area contributed by atoms with Crippen LogP contribution in [0.5, 0.6) is 0 Å². The van der Waals surface area contributed by atoms with Crippen molar-refractivity contribution in [1.29, 1.82) is 0 Å². The van der Waals surface area contributed by atoms with Crippen LogP contribution >= 0.6 is 0 Å². The first-order valence-electron chi connectivity index (χ1n) is 6.92. The smallest absolute Gasteiger partial charge is 0.328 e. The standard InChI is InChI=1S/C13H18N2O8/c1-22-8(17)2-3-15-4-6(12(20)14-13(15)21)11-10(19)9(18)7(5-16)23-11/h4,7,9-11,16,18-19H,2-3,5H2,1H3,(H,14,20,21)/t7-,9?,10?,11+/m1/s1. The molecule has 0 amide bonds. The van der Waals surface area contributed by atoms with Crippen LogP contribution in [0.2, 0.25) is 0 Å². The average Bonchev–Trinajstić information content (AvgIpc) is 2.81. The van der Waals surface area contributed by atoms with Crippen molar-refractivity contribution >= 4 is 5.97 Å². The van der Waals surface area contributed by atoms with E-state index in [-0.39, 0.29) is 18.5 Å². The summed E-state index contributed by atoms with van der Waals surface area (Å²) < 4.78 is 10.8. The molecule has 0 saturated carbocycles. The molecule has 0 radical (unpaired) electrons. The van der Waals surface area contributed by atoms with Crippen molar-refractivity contribution in [2.45, 2.75) is 37.4 Å². The maximum absolute atomic E-state index is 11.9. The summed E-state index contributed by atoms with van der Waals surface area (Å²) in [6, 6.07) is 0. The van der Waals surface area contributed by atoms with E-state index in [4.69, 9.17) is 9.84 Å². The molecule has 23 heavy (non-hydrogen) atoms. The van der Waals surface area contributed by atoms with Crippen molar-refractivity contribution in [2.24, 2.45) is 0 Å². The Labute approximate surface area is 129 Å². The number of H-pyrrole nitrogens is 1. The molecule has 1 aliphatic heterocycles. The highest BCUT2D eigenvalue weighted by Gasteiger charge is 2.44. The van der Waals surface area contributed by atoms with E-state index in [9.17, 15) is 24.6 Å². The molecule has 0 aliphatic carbocycles. The molecule has 1 aliphatic rings. The van der Waals surface area contributed by atoms with Crippen LogP contribution in [0.25, 0.3) is 0 Å². The van der Waals surface area contributed by atoms with E-state index < -0.39 is 48.2 Å². The van der Waals surface area contributed by atoms with Gasteiger partial charge in [-0.3, -0.25) is 19.1 Å². The molecule has 1 fully saturated rings. The number of aromatic amines is 1. The molecule has 128 valence electrons. The normalized spacial score (nSPS) is 27.1. The highest BCUT2D eigenvalue weighted by Crippen LogP contribution is 2.31. The number of esters is 1. The van der Waals surface area contributed by atoms with E-state index in [1.165, 1.54) is 7.11 Å². The van der Waals surface area contributed by atoms with Crippen molar-refractivity contribution in [1.82, 2.24) is 9.55 Å². The number of hydrogen-bond acceptors (Lipinski definition) is 8. The first-order chi connectivity index (χ1) is 10.9. The van der Waals surface area contributed by atoms with Gasteiger partial charge in [0, 0.05) is 12.7 Å². The van der Waals surface area contributed by atoms with Crippen LogP contribution in [0.4, 0.5) is 0 Å². The first-order valence-corrected chi connectivity index (χ1v) is 6.92. The maximum atomic E-state index is 11.9. The lowest BCUT2D eigenvalue weighted by Crippen LogP contribution is -2.36. The molecule has 2 heterocycles. The molecule has 4 N–H and O–H groups in total. The summed E-state index contributed by atoms with van der Waals surface area (Å²) in [5, 5.41) is 28.8. The summed E-state index contributed by atoms with van der Waals surface area (Å²) in [5.41, 5.74) is -1.59. The number of methoxy groups -OCH3 is 1. The maximum Gasteiger partial charge on any atom is 0.328 e. The predicted molar refractivity (Wildman–Crippen MR) is 74.7 cm³/mol. The number of hydrogen-bond donors (Lipinski definition) is 4. The van der Waals surface area contributed by atoms with Gasteiger partial charge in [0.1, 0.15) is 24.4 Å². The van der Waals surface area contributed by atoms with Gasteiger partial charge in [-0.25, -0.2) is 4.79 Å². The fraction of sp³-hybridized carbons (Fsp3) is 0.615. The van der Waals surface area contributed by atoms with Gasteiger partial charge in [0.2, 0.25) is 0 Å². The second-order valence-electron chi connectivity index (χ2n) is 5.12. The summed E-state index contributed by atoms with van der Waals surface area (Å²) in [7, 11) is 1.21. The Kier molecular flexibility index (Phi) is 5.31. The Morgan fingerprint density at radius 3 is 2.65 bits per heavy atom. The topological polar surface area (TPSA) is 151 Å². The van der Waals surface area contributed by atoms with Crippen LogP contribution in [-0.2, 0) is 20.8 Å². The molecule has 0 bridgehead atoms. The Bertz CT molecular complexity index is 681. The summed E-state index contributed by atoms with van der Waals surface area (Å²) in [6.45, 7) is -0.571. The zero-order valence-electron chi connectivity index (χ0n) is 12.3. The van der Waals surface area contributed by atoms with Gasteiger partial charge in [0.15, 0.2) is 0 Å². The van der Waals surface area contributed by atoms with Gasteiger partial charge >= 0.3 is 11.7 Å². The molecule has 2 unspecified atom stereocenters. The number of rotatable bonds is 5. The molecule has 0 spiro atoms. The summed E-state index contributed by atoms with van der Waals surface area (Å²) in [6.07, 6.45) is -3.96.